The van der Waals surface area contributed by atoms with Crippen LogP contribution in [0.1, 0.15) is 16.1 Å². The van der Waals surface area contributed by atoms with Crippen molar-refractivity contribution < 1.29 is 23.5 Å². The van der Waals surface area contributed by atoms with E-state index in [0.29, 0.717) is 28.5 Å². The lowest BCUT2D eigenvalue weighted by molar-refractivity contribution is -0.113. The van der Waals surface area contributed by atoms with E-state index >= 15 is 0 Å². The molecule has 2 aromatic carbocycles. The second kappa shape index (κ2) is 9.27. The molecule has 7 heteroatoms. The molecular weight excluding hydrogens is 372 g/mol. The normalized spacial score (nSPS) is 10.9. The molecule has 0 fully saturated rings. The zero-order valence-electron chi connectivity index (χ0n) is 16.0. The van der Waals surface area contributed by atoms with Gasteiger partial charge in [0, 0.05) is 23.4 Å². The van der Waals surface area contributed by atoms with Gasteiger partial charge in [0.05, 0.1) is 20.5 Å². The Morgan fingerprint density at radius 3 is 2.34 bits per heavy atom. The van der Waals surface area contributed by atoms with Crippen molar-refractivity contribution in [2.45, 2.75) is 0 Å². The molecule has 0 atom stereocenters. The van der Waals surface area contributed by atoms with Gasteiger partial charge in [0.2, 0.25) is 0 Å². The molecule has 2 amide bonds. The summed E-state index contributed by atoms with van der Waals surface area (Å²) in [6.45, 7) is 0. The third kappa shape index (κ3) is 5.26. The zero-order chi connectivity index (χ0) is 20.6. The maximum absolute atomic E-state index is 12.8. The van der Waals surface area contributed by atoms with Crippen molar-refractivity contribution in [2.24, 2.45) is 0 Å². The average molecular weight is 392 g/mol. The third-order valence-electron chi connectivity index (χ3n) is 4.00. The lowest BCUT2D eigenvalue weighted by Crippen LogP contribution is -2.30. The average Bonchev–Trinajstić information content (AvgIpc) is 3.26. The molecule has 0 aliphatic heterocycles. The summed E-state index contributed by atoms with van der Waals surface area (Å²) in [7, 11) is 3.08. The van der Waals surface area contributed by atoms with Gasteiger partial charge in [-0.2, -0.15) is 0 Å². The number of benzene rings is 2. The van der Waals surface area contributed by atoms with Crippen LogP contribution >= 0.6 is 0 Å². The molecule has 0 bridgehead atoms. The lowest BCUT2D eigenvalue weighted by atomic mass is 10.2. The van der Waals surface area contributed by atoms with Crippen LogP contribution in [-0.4, -0.2) is 26.0 Å². The van der Waals surface area contributed by atoms with Crippen LogP contribution in [0.2, 0.25) is 0 Å². The number of ether oxygens (including phenoxy) is 2. The highest BCUT2D eigenvalue weighted by atomic mass is 16.5. The van der Waals surface area contributed by atoms with Gasteiger partial charge >= 0.3 is 0 Å². The molecule has 1 heterocycles. The molecule has 0 aliphatic carbocycles. The molecule has 2 N–H and O–H groups in total. The van der Waals surface area contributed by atoms with Crippen LogP contribution in [0.5, 0.6) is 11.5 Å². The van der Waals surface area contributed by atoms with Gasteiger partial charge in [-0.05, 0) is 48.5 Å². The van der Waals surface area contributed by atoms with Crippen molar-refractivity contribution in [3.63, 3.8) is 0 Å². The Kier molecular flexibility index (Phi) is 6.32. The van der Waals surface area contributed by atoms with E-state index in [2.05, 4.69) is 10.6 Å². The number of nitrogens with one attached hydrogen (secondary N) is 2. The molecular formula is C22H20N2O5. The summed E-state index contributed by atoms with van der Waals surface area (Å²) in [4.78, 5) is 25.4. The van der Waals surface area contributed by atoms with Crippen molar-refractivity contribution in [1.29, 1.82) is 0 Å². The Bertz CT molecular complexity index is 1010. The van der Waals surface area contributed by atoms with Gasteiger partial charge in [-0.15, -0.1) is 0 Å². The van der Waals surface area contributed by atoms with Crippen molar-refractivity contribution in [3.05, 3.63) is 83.9 Å². The number of rotatable bonds is 7. The molecule has 0 aliphatic rings. The first kappa shape index (κ1) is 19.8. The summed E-state index contributed by atoms with van der Waals surface area (Å²) in [5, 5.41) is 5.38. The number of carbonyl (C=O) groups is 2. The minimum absolute atomic E-state index is 0.0311. The van der Waals surface area contributed by atoms with E-state index in [1.165, 1.54) is 19.4 Å². The SMILES string of the molecule is COc1ccc(C(=O)N/C(=C\c2ccco2)C(=O)Nc2cccc(OC)c2)cc1. The van der Waals surface area contributed by atoms with Gasteiger partial charge in [-0.1, -0.05) is 6.07 Å². The Morgan fingerprint density at radius 1 is 0.931 bits per heavy atom. The monoisotopic (exact) mass is 392 g/mol. The second-order valence-corrected chi connectivity index (χ2v) is 5.94. The van der Waals surface area contributed by atoms with Crippen molar-refractivity contribution >= 4 is 23.6 Å². The maximum atomic E-state index is 12.8. The molecule has 0 saturated heterocycles. The number of methoxy groups -OCH3 is 2. The van der Waals surface area contributed by atoms with Crippen LogP contribution in [-0.2, 0) is 4.79 Å². The molecule has 29 heavy (non-hydrogen) atoms. The Balaban J connectivity index is 1.82. The van der Waals surface area contributed by atoms with Crippen LogP contribution < -0.4 is 20.1 Å². The van der Waals surface area contributed by atoms with Crippen LogP contribution in [0, 0.1) is 0 Å². The zero-order valence-corrected chi connectivity index (χ0v) is 16.0. The van der Waals surface area contributed by atoms with Gasteiger partial charge < -0.3 is 24.5 Å². The van der Waals surface area contributed by atoms with E-state index in [0.717, 1.165) is 0 Å². The third-order valence-corrected chi connectivity index (χ3v) is 4.00. The topological polar surface area (TPSA) is 89.8 Å². The van der Waals surface area contributed by atoms with Gasteiger partial charge in [0.15, 0.2) is 0 Å². The molecule has 3 rings (SSSR count). The number of furan rings is 1. The highest BCUT2D eigenvalue weighted by molar-refractivity contribution is 6.10. The van der Waals surface area contributed by atoms with Crippen molar-refractivity contribution in [2.75, 3.05) is 19.5 Å². The first-order valence-electron chi connectivity index (χ1n) is 8.75. The van der Waals surface area contributed by atoms with Crippen LogP contribution in [0.25, 0.3) is 6.08 Å². The van der Waals surface area contributed by atoms with Crippen LogP contribution in [0.15, 0.2) is 77.0 Å². The lowest BCUT2D eigenvalue weighted by Gasteiger charge is -2.12. The fourth-order valence-corrected chi connectivity index (χ4v) is 2.51. The van der Waals surface area contributed by atoms with Gasteiger partial charge in [0.25, 0.3) is 11.8 Å². The van der Waals surface area contributed by atoms with Crippen molar-refractivity contribution in [3.8, 4) is 11.5 Å². The molecule has 3 aromatic rings. The molecule has 0 spiro atoms. The number of amides is 2. The predicted molar refractivity (Wildman–Crippen MR) is 109 cm³/mol. The smallest absolute Gasteiger partial charge is 0.272 e. The molecule has 148 valence electrons. The fraction of sp³-hybridized carbons (Fsp3) is 0.0909. The quantitative estimate of drug-likeness (QED) is 0.599. The highest BCUT2D eigenvalue weighted by Crippen LogP contribution is 2.18. The predicted octanol–water partition coefficient (Wildman–Crippen LogP) is 3.71. The second-order valence-electron chi connectivity index (χ2n) is 5.94. The number of carbonyl (C=O) groups excluding carboxylic acids is 2. The van der Waals surface area contributed by atoms with E-state index < -0.39 is 11.8 Å². The van der Waals surface area contributed by atoms with E-state index in [-0.39, 0.29) is 5.70 Å². The molecule has 0 unspecified atom stereocenters. The van der Waals surface area contributed by atoms with Crippen LogP contribution in [0.4, 0.5) is 5.69 Å². The van der Waals surface area contributed by atoms with E-state index in [9.17, 15) is 9.59 Å². The summed E-state index contributed by atoms with van der Waals surface area (Å²) in [6.07, 6.45) is 2.94. The number of hydrogen-bond donors (Lipinski definition) is 2. The minimum Gasteiger partial charge on any atom is -0.497 e. The minimum atomic E-state index is -0.503. The largest absolute Gasteiger partial charge is 0.497 e. The number of hydrogen-bond acceptors (Lipinski definition) is 5. The van der Waals surface area contributed by atoms with Crippen molar-refractivity contribution in [1.82, 2.24) is 5.32 Å². The maximum Gasteiger partial charge on any atom is 0.272 e. The fourth-order valence-electron chi connectivity index (χ4n) is 2.51. The van der Waals surface area contributed by atoms with E-state index in [1.54, 1.807) is 67.8 Å². The Morgan fingerprint density at radius 2 is 1.69 bits per heavy atom. The first-order chi connectivity index (χ1) is 14.1. The van der Waals surface area contributed by atoms with Gasteiger partial charge in [-0.3, -0.25) is 9.59 Å². The molecule has 1 aromatic heterocycles. The standard InChI is InChI=1S/C22H20N2O5/c1-27-17-10-8-15(9-11-17)21(25)24-20(14-19-7-4-12-29-19)22(26)23-16-5-3-6-18(13-16)28-2/h3-14H,1-2H3,(H,23,26)(H,24,25)/b20-14-. The molecule has 0 saturated carbocycles. The van der Waals surface area contributed by atoms with Gasteiger partial charge in [0.1, 0.15) is 23.0 Å². The molecule has 7 nitrogen and oxygen atoms in total. The first-order valence-corrected chi connectivity index (χ1v) is 8.75. The number of anilines is 1. The summed E-state index contributed by atoms with van der Waals surface area (Å²) < 4.78 is 15.5. The molecule has 0 radical (unpaired) electrons. The summed E-state index contributed by atoms with van der Waals surface area (Å²) >= 11 is 0. The van der Waals surface area contributed by atoms with E-state index in [1.807, 2.05) is 0 Å². The highest BCUT2D eigenvalue weighted by Gasteiger charge is 2.16. The summed E-state index contributed by atoms with van der Waals surface area (Å²) in [5.41, 5.74) is 0.937. The van der Waals surface area contributed by atoms with Crippen LogP contribution in [0.3, 0.4) is 0 Å². The Labute approximate surface area is 167 Å². The summed E-state index contributed by atoms with van der Waals surface area (Å²) in [6, 6.07) is 16.8. The van der Waals surface area contributed by atoms with E-state index in [4.69, 9.17) is 13.9 Å². The summed E-state index contributed by atoms with van der Waals surface area (Å²) in [5.74, 6) is 0.712. The Hall–Kier alpha value is -4.00. The van der Waals surface area contributed by atoms with Gasteiger partial charge in [-0.25, -0.2) is 0 Å².